The fourth-order valence-electron chi connectivity index (χ4n) is 1.81. The number of hydrogen-bond donors (Lipinski definition) is 1. The van der Waals surface area contributed by atoms with E-state index in [1.54, 1.807) is 0 Å². The van der Waals surface area contributed by atoms with E-state index in [1.807, 2.05) is 0 Å². The Morgan fingerprint density at radius 2 is 1.85 bits per heavy atom. The summed E-state index contributed by atoms with van der Waals surface area (Å²) in [6.07, 6.45) is 1.32. The molecule has 1 aromatic rings. The van der Waals surface area contributed by atoms with Gasteiger partial charge in [-0.15, -0.1) is 0 Å². The second kappa shape index (κ2) is 3.03. The molecular formula is C11H15NS. The lowest BCUT2D eigenvalue weighted by Crippen LogP contribution is -1.89. The van der Waals surface area contributed by atoms with Crippen molar-refractivity contribution < 1.29 is 0 Å². The molecule has 0 aromatic heterocycles. The first-order valence-corrected chi connectivity index (χ1v) is 5.48. The summed E-state index contributed by atoms with van der Waals surface area (Å²) in [5.41, 5.74) is 1.99. The molecule has 1 aromatic carbocycles. The van der Waals surface area contributed by atoms with Crippen LogP contribution in [-0.2, 0) is 0 Å². The summed E-state index contributed by atoms with van der Waals surface area (Å²) in [5.74, 6) is 0.768. The van der Waals surface area contributed by atoms with Crippen molar-refractivity contribution in [1.29, 1.82) is 0 Å². The Morgan fingerprint density at radius 3 is 2.23 bits per heavy atom. The van der Waals surface area contributed by atoms with Crippen LogP contribution in [0.5, 0.6) is 0 Å². The van der Waals surface area contributed by atoms with Gasteiger partial charge >= 0.3 is 0 Å². The molecule has 2 rings (SSSR count). The third kappa shape index (κ3) is 1.74. The van der Waals surface area contributed by atoms with Gasteiger partial charge in [0.2, 0.25) is 0 Å². The highest BCUT2D eigenvalue weighted by Gasteiger charge is 2.46. The maximum Gasteiger partial charge on any atom is 0.0226 e. The zero-order chi connectivity index (χ0) is 9.47. The van der Waals surface area contributed by atoms with Gasteiger partial charge in [-0.1, -0.05) is 26.0 Å². The van der Waals surface area contributed by atoms with Gasteiger partial charge in [0.25, 0.3) is 0 Å². The third-order valence-corrected chi connectivity index (χ3v) is 3.48. The Bertz CT molecular complexity index is 302. The molecule has 1 nitrogen and oxygen atoms in total. The molecule has 1 fully saturated rings. The van der Waals surface area contributed by atoms with E-state index in [-0.39, 0.29) is 0 Å². The minimum absolute atomic E-state index is 0.525. The van der Waals surface area contributed by atoms with Gasteiger partial charge in [0, 0.05) is 4.90 Å². The first kappa shape index (κ1) is 9.10. The second-order valence-electron chi connectivity index (χ2n) is 4.43. The van der Waals surface area contributed by atoms with Gasteiger partial charge in [-0.05, 0) is 47.4 Å². The van der Waals surface area contributed by atoms with Gasteiger partial charge in [0.1, 0.15) is 0 Å². The molecule has 0 amide bonds. The molecule has 0 heterocycles. The van der Waals surface area contributed by atoms with Gasteiger partial charge in [-0.25, -0.2) is 0 Å². The molecule has 1 aliphatic carbocycles. The van der Waals surface area contributed by atoms with Crippen molar-refractivity contribution in [1.82, 2.24) is 0 Å². The van der Waals surface area contributed by atoms with Crippen molar-refractivity contribution in [3.8, 4) is 0 Å². The summed E-state index contributed by atoms with van der Waals surface area (Å²) >= 11 is 1.31. The van der Waals surface area contributed by atoms with Crippen molar-refractivity contribution in [3.63, 3.8) is 0 Å². The molecule has 2 heteroatoms. The zero-order valence-electron chi connectivity index (χ0n) is 8.08. The summed E-state index contributed by atoms with van der Waals surface area (Å²) in [7, 11) is 0. The second-order valence-corrected chi connectivity index (χ2v) is 5.14. The molecule has 1 atom stereocenters. The molecule has 0 aliphatic heterocycles. The van der Waals surface area contributed by atoms with E-state index < -0.39 is 0 Å². The molecule has 1 saturated carbocycles. The standard InChI is InChI=1S/C11H15NS/c1-11(2)7-10(11)8-3-5-9(13-12)6-4-8/h3-6,10H,7,12H2,1-2H3. The van der Waals surface area contributed by atoms with Gasteiger partial charge < -0.3 is 0 Å². The largest absolute Gasteiger partial charge is 0.274 e. The molecule has 0 saturated heterocycles. The van der Waals surface area contributed by atoms with E-state index in [9.17, 15) is 0 Å². The van der Waals surface area contributed by atoms with E-state index in [0.29, 0.717) is 5.41 Å². The highest BCUT2D eigenvalue weighted by atomic mass is 32.2. The highest BCUT2D eigenvalue weighted by molar-refractivity contribution is 7.97. The van der Waals surface area contributed by atoms with E-state index in [1.165, 1.54) is 23.9 Å². The Morgan fingerprint density at radius 1 is 1.31 bits per heavy atom. The number of nitrogens with two attached hydrogens (primary N) is 1. The van der Waals surface area contributed by atoms with Crippen LogP contribution in [0.1, 0.15) is 31.7 Å². The van der Waals surface area contributed by atoms with Crippen LogP contribution in [0.15, 0.2) is 29.2 Å². The molecule has 70 valence electrons. The summed E-state index contributed by atoms with van der Waals surface area (Å²) in [6, 6.07) is 8.62. The lowest BCUT2D eigenvalue weighted by Gasteiger charge is -2.03. The predicted molar refractivity (Wildman–Crippen MR) is 57.6 cm³/mol. The van der Waals surface area contributed by atoms with Gasteiger partial charge in [-0.3, -0.25) is 5.14 Å². The van der Waals surface area contributed by atoms with Crippen LogP contribution in [0.2, 0.25) is 0 Å². The van der Waals surface area contributed by atoms with Crippen molar-refractivity contribution in [2.45, 2.75) is 31.1 Å². The minimum atomic E-state index is 0.525. The summed E-state index contributed by atoms with van der Waals surface area (Å²) in [6.45, 7) is 4.65. The number of rotatable bonds is 2. The minimum Gasteiger partial charge on any atom is -0.274 e. The van der Waals surface area contributed by atoms with Crippen LogP contribution in [-0.4, -0.2) is 0 Å². The van der Waals surface area contributed by atoms with Crippen molar-refractivity contribution >= 4 is 11.9 Å². The van der Waals surface area contributed by atoms with Crippen LogP contribution in [0, 0.1) is 5.41 Å². The van der Waals surface area contributed by atoms with Crippen molar-refractivity contribution in [2.75, 3.05) is 0 Å². The lowest BCUT2D eigenvalue weighted by molar-refractivity contribution is 0.621. The molecule has 0 radical (unpaired) electrons. The third-order valence-electron chi connectivity index (χ3n) is 2.93. The van der Waals surface area contributed by atoms with Crippen LogP contribution >= 0.6 is 11.9 Å². The lowest BCUT2D eigenvalue weighted by atomic mass is 10.0. The smallest absolute Gasteiger partial charge is 0.0226 e. The van der Waals surface area contributed by atoms with E-state index in [0.717, 1.165) is 10.8 Å². The average molecular weight is 193 g/mol. The molecule has 2 N–H and O–H groups in total. The monoisotopic (exact) mass is 193 g/mol. The summed E-state index contributed by atoms with van der Waals surface area (Å²) in [4.78, 5) is 1.14. The normalized spacial score (nSPS) is 24.4. The fourth-order valence-corrected chi connectivity index (χ4v) is 2.11. The zero-order valence-corrected chi connectivity index (χ0v) is 8.90. The van der Waals surface area contributed by atoms with Gasteiger partial charge in [0.15, 0.2) is 0 Å². The topological polar surface area (TPSA) is 26.0 Å². The van der Waals surface area contributed by atoms with Crippen LogP contribution in [0.3, 0.4) is 0 Å². The fraction of sp³-hybridized carbons (Fsp3) is 0.455. The van der Waals surface area contributed by atoms with E-state index >= 15 is 0 Å². The van der Waals surface area contributed by atoms with Crippen LogP contribution in [0.4, 0.5) is 0 Å². The first-order valence-electron chi connectivity index (χ1n) is 4.60. The Labute approximate surface area is 83.8 Å². The SMILES string of the molecule is CC1(C)CC1c1ccc(SN)cc1. The molecule has 13 heavy (non-hydrogen) atoms. The molecule has 0 bridgehead atoms. The van der Waals surface area contributed by atoms with E-state index in [4.69, 9.17) is 5.14 Å². The maximum atomic E-state index is 5.46. The molecule has 0 spiro atoms. The molecule has 1 unspecified atom stereocenters. The summed E-state index contributed by atoms with van der Waals surface area (Å²) < 4.78 is 0. The van der Waals surface area contributed by atoms with Gasteiger partial charge in [0.05, 0.1) is 0 Å². The predicted octanol–water partition coefficient (Wildman–Crippen LogP) is 3.17. The first-order chi connectivity index (χ1) is 6.13. The Balaban J connectivity index is 2.16. The summed E-state index contributed by atoms with van der Waals surface area (Å²) in [5, 5.41) is 5.46. The number of benzene rings is 1. The van der Waals surface area contributed by atoms with Crippen molar-refractivity contribution in [2.24, 2.45) is 10.6 Å². The van der Waals surface area contributed by atoms with Gasteiger partial charge in [-0.2, -0.15) is 0 Å². The number of hydrogen-bond acceptors (Lipinski definition) is 2. The van der Waals surface area contributed by atoms with Crippen LogP contribution in [0.25, 0.3) is 0 Å². The van der Waals surface area contributed by atoms with Crippen LogP contribution < -0.4 is 5.14 Å². The van der Waals surface area contributed by atoms with Crippen molar-refractivity contribution in [3.05, 3.63) is 29.8 Å². The Hall–Kier alpha value is -0.470. The highest BCUT2D eigenvalue weighted by Crippen LogP contribution is 2.58. The average Bonchev–Trinajstić information content (AvgIpc) is 2.76. The maximum absolute atomic E-state index is 5.46. The Kier molecular flexibility index (Phi) is 2.12. The van der Waals surface area contributed by atoms with E-state index in [2.05, 4.69) is 38.1 Å². The molecular weight excluding hydrogens is 178 g/mol. The quantitative estimate of drug-likeness (QED) is 0.730. The molecule has 1 aliphatic rings.